The number of amides is 1. The molecule has 2 aromatic carbocycles. The number of benzene rings is 2. The summed E-state index contributed by atoms with van der Waals surface area (Å²) >= 11 is 0. The van der Waals surface area contributed by atoms with Crippen LogP contribution in [0.5, 0.6) is 0 Å². The molecule has 1 N–H and O–H groups in total. The van der Waals surface area contributed by atoms with E-state index in [1.54, 1.807) is 10.6 Å². The topological polar surface area (TPSA) is 52.9 Å². The van der Waals surface area contributed by atoms with Crippen molar-refractivity contribution in [3.05, 3.63) is 95.2 Å². The number of carbonyl (C=O) groups is 1. The SMILES string of the molecule is CCc1nc2cc(F)ccn2c1C(=O)NCc1ccc(N2CCN(c3ccc(C)cc3)CC2)cc1. The van der Waals surface area contributed by atoms with E-state index in [9.17, 15) is 9.18 Å². The standard InChI is InChI=1S/C28H30FN5O/c1-3-25-27(34-13-12-22(29)18-26(34)31-25)28(35)30-19-21-6-10-24(11-7-21)33-16-14-32(15-17-33)23-8-4-20(2)5-9-23/h4-13,18H,3,14-17,19H2,1-2H3,(H,30,35). The Morgan fingerprint density at radius 2 is 1.54 bits per heavy atom. The molecule has 0 bridgehead atoms. The normalized spacial score (nSPS) is 13.9. The van der Waals surface area contributed by atoms with E-state index in [1.807, 2.05) is 6.92 Å². The molecule has 1 fully saturated rings. The third-order valence-electron chi connectivity index (χ3n) is 6.64. The summed E-state index contributed by atoms with van der Waals surface area (Å²) in [7, 11) is 0. The molecule has 7 heteroatoms. The van der Waals surface area contributed by atoms with Crippen molar-refractivity contribution < 1.29 is 9.18 Å². The Bertz CT molecular complexity index is 1320. The van der Waals surface area contributed by atoms with Crippen molar-refractivity contribution in [2.45, 2.75) is 26.8 Å². The van der Waals surface area contributed by atoms with Crippen LogP contribution in [0.1, 0.15) is 34.2 Å². The molecule has 35 heavy (non-hydrogen) atoms. The van der Waals surface area contributed by atoms with Gasteiger partial charge in [0.2, 0.25) is 0 Å². The molecule has 6 nitrogen and oxygen atoms in total. The summed E-state index contributed by atoms with van der Waals surface area (Å²) < 4.78 is 15.2. The molecule has 5 rings (SSSR count). The number of carbonyl (C=O) groups excluding carboxylic acids is 1. The summed E-state index contributed by atoms with van der Waals surface area (Å²) in [6.07, 6.45) is 2.15. The Hall–Kier alpha value is -3.87. The maximum absolute atomic E-state index is 13.6. The number of pyridine rings is 1. The van der Waals surface area contributed by atoms with Gasteiger partial charge >= 0.3 is 0 Å². The molecular weight excluding hydrogens is 441 g/mol. The molecule has 0 radical (unpaired) electrons. The molecule has 0 unspecified atom stereocenters. The minimum atomic E-state index is -0.367. The minimum absolute atomic E-state index is 0.211. The first-order valence-corrected chi connectivity index (χ1v) is 12.1. The van der Waals surface area contributed by atoms with Crippen LogP contribution in [-0.2, 0) is 13.0 Å². The molecule has 2 aromatic heterocycles. The number of piperazine rings is 1. The number of nitrogens with one attached hydrogen (secondary N) is 1. The number of hydrogen-bond donors (Lipinski definition) is 1. The Labute approximate surface area is 205 Å². The average molecular weight is 472 g/mol. The van der Waals surface area contributed by atoms with Crippen LogP contribution < -0.4 is 15.1 Å². The number of rotatable bonds is 6. The van der Waals surface area contributed by atoms with Crippen molar-refractivity contribution in [2.75, 3.05) is 36.0 Å². The number of imidazole rings is 1. The molecule has 0 aliphatic carbocycles. The van der Waals surface area contributed by atoms with Crippen molar-refractivity contribution in [3.63, 3.8) is 0 Å². The van der Waals surface area contributed by atoms with Gasteiger partial charge in [-0.05, 0) is 49.2 Å². The maximum atomic E-state index is 13.6. The van der Waals surface area contributed by atoms with Crippen LogP contribution >= 0.6 is 0 Å². The van der Waals surface area contributed by atoms with E-state index >= 15 is 0 Å². The summed E-state index contributed by atoms with van der Waals surface area (Å²) in [5.41, 5.74) is 6.35. The van der Waals surface area contributed by atoms with Crippen LogP contribution in [0.2, 0.25) is 0 Å². The van der Waals surface area contributed by atoms with E-state index < -0.39 is 0 Å². The zero-order chi connectivity index (χ0) is 24.4. The third kappa shape index (κ3) is 4.85. The van der Waals surface area contributed by atoms with E-state index in [1.165, 1.54) is 29.1 Å². The van der Waals surface area contributed by atoms with Crippen LogP contribution in [0.4, 0.5) is 15.8 Å². The quantitative estimate of drug-likeness (QED) is 0.447. The largest absolute Gasteiger partial charge is 0.368 e. The van der Waals surface area contributed by atoms with Gasteiger partial charge in [-0.2, -0.15) is 0 Å². The minimum Gasteiger partial charge on any atom is -0.368 e. The number of hydrogen-bond acceptors (Lipinski definition) is 4. The highest BCUT2D eigenvalue weighted by Gasteiger charge is 2.19. The van der Waals surface area contributed by atoms with E-state index in [2.05, 4.69) is 75.6 Å². The van der Waals surface area contributed by atoms with Gasteiger partial charge in [0, 0.05) is 56.4 Å². The Kier molecular flexibility index (Phi) is 6.40. The lowest BCUT2D eigenvalue weighted by Gasteiger charge is -2.37. The van der Waals surface area contributed by atoms with Gasteiger partial charge in [-0.1, -0.05) is 36.8 Å². The molecule has 4 aromatic rings. The van der Waals surface area contributed by atoms with Crippen LogP contribution in [-0.4, -0.2) is 41.5 Å². The maximum Gasteiger partial charge on any atom is 0.270 e. The Morgan fingerprint density at radius 1 is 0.943 bits per heavy atom. The average Bonchev–Trinajstić information content (AvgIpc) is 3.26. The lowest BCUT2D eigenvalue weighted by molar-refractivity contribution is 0.0944. The van der Waals surface area contributed by atoms with Gasteiger partial charge in [0.25, 0.3) is 5.91 Å². The summed E-state index contributed by atoms with van der Waals surface area (Å²) in [6, 6.07) is 19.8. The number of anilines is 2. The van der Waals surface area contributed by atoms with Crippen molar-refractivity contribution in [1.29, 1.82) is 0 Å². The van der Waals surface area contributed by atoms with Crippen LogP contribution in [0.3, 0.4) is 0 Å². The summed E-state index contributed by atoms with van der Waals surface area (Å²) in [5.74, 6) is -0.578. The van der Waals surface area contributed by atoms with E-state index in [0.29, 0.717) is 30.0 Å². The second-order valence-corrected chi connectivity index (χ2v) is 8.99. The summed E-state index contributed by atoms with van der Waals surface area (Å²) in [6.45, 7) is 8.39. The molecule has 1 aliphatic rings. The molecule has 1 saturated heterocycles. The van der Waals surface area contributed by atoms with Gasteiger partial charge in [-0.25, -0.2) is 9.37 Å². The Morgan fingerprint density at radius 3 is 2.14 bits per heavy atom. The van der Waals surface area contributed by atoms with Crippen LogP contribution in [0.25, 0.3) is 5.65 Å². The number of halogens is 1. The molecular formula is C28H30FN5O. The van der Waals surface area contributed by atoms with Crippen molar-refractivity contribution in [1.82, 2.24) is 14.7 Å². The predicted octanol–water partition coefficient (Wildman–Crippen LogP) is 4.60. The fourth-order valence-electron chi connectivity index (χ4n) is 4.62. The number of nitrogens with zero attached hydrogens (tertiary/aromatic N) is 4. The van der Waals surface area contributed by atoms with E-state index in [0.717, 1.165) is 31.7 Å². The van der Waals surface area contributed by atoms with Crippen LogP contribution in [0.15, 0.2) is 66.9 Å². The first-order valence-electron chi connectivity index (χ1n) is 12.1. The zero-order valence-corrected chi connectivity index (χ0v) is 20.2. The lowest BCUT2D eigenvalue weighted by Crippen LogP contribution is -2.46. The number of fused-ring (bicyclic) bond motifs is 1. The third-order valence-corrected chi connectivity index (χ3v) is 6.64. The molecule has 3 heterocycles. The van der Waals surface area contributed by atoms with Gasteiger partial charge in [0.1, 0.15) is 17.2 Å². The summed E-state index contributed by atoms with van der Waals surface area (Å²) in [4.78, 5) is 22.2. The Balaban J connectivity index is 1.19. The predicted molar refractivity (Wildman–Crippen MR) is 138 cm³/mol. The van der Waals surface area contributed by atoms with Gasteiger partial charge in [0.05, 0.1) is 5.69 Å². The van der Waals surface area contributed by atoms with Gasteiger partial charge in [0.15, 0.2) is 0 Å². The highest BCUT2D eigenvalue weighted by atomic mass is 19.1. The lowest BCUT2D eigenvalue weighted by atomic mass is 10.1. The van der Waals surface area contributed by atoms with E-state index in [4.69, 9.17) is 0 Å². The van der Waals surface area contributed by atoms with Crippen LogP contribution in [0, 0.1) is 12.7 Å². The second-order valence-electron chi connectivity index (χ2n) is 8.99. The smallest absolute Gasteiger partial charge is 0.270 e. The van der Waals surface area contributed by atoms with Crippen molar-refractivity contribution in [2.24, 2.45) is 0 Å². The zero-order valence-electron chi connectivity index (χ0n) is 20.2. The molecule has 1 amide bonds. The fraction of sp³-hybridized carbons (Fsp3) is 0.286. The molecule has 0 atom stereocenters. The molecule has 0 spiro atoms. The van der Waals surface area contributed by atoms with Gasteiger partial charge in [-0.3, -0.25) is 9.20 Å². The van der Waals surface area contributed by atoms with Crippen molar-refractivity contribution >= 4 is 22.9 Å². The van der Waals surface area contributed by atoms with Crippen molar-refractivity contribution in [3.8, 4) is 0 Å². The monoisotopic (exact) mass is 471 g/mol. The molecule has 1 aliphatic heterocycles. The van der Waals surface area contributed by atoms with Gasteiger partial charge in [-0.15, -0.1) is 0 Å². The van der Waals surface area contributed by atoms with E-state index in [-0.39, 0.29) is 11.7 Å². The molecule has 0 saturated carbocycles. The number of aryl methyl sites for hydroxylation is 2. The number of aromatic nitrogens is 2. The second kappa shape index (κ2) is 9.78. The first-order chi connectivity index (χ1) is 17.0. The first kappa shape index (κ1) is 22.9. The summed E-state index contributed by atoms with van der Waals surface area (Å²) in [5, 5.41) is 3.00. The van der Waals surface area contributed by atoms with Gasteiger partial charge < -0.3 is 15.1 Å². The highest BCUT2D eigenvalue weighted by Crippen LogP contribution is 2.22. The molecule has 180 valence electrons. The highest BCUT2D eigenvalue weighted by molar-refractivity contribution is 5.94. The fourth-order valence-corrected chi connectivity index (χ4v) is 4.62.